The Balaban J connectivity index is 1.84. The molecule has 1 fully saturated rings. The van der Waals surface area contributed by atoms with Crippen molar-refractivity contribution >= 4 is 38.6 Å². The Bertz CT molecular complexity index is 541. The summed E-state index contributed by atoms with van der Waals surface area (Å²) in [5.74, 6) is 0. The molecule has 1 saturated carbocycles. The lowest BCUT2D eigenvalue weighted by Gasteiger charge is -2.30. The van der Waals surface area contributed by atoms with Crippen molar-refractivity contribution in [1.82, 2.24) is 4.90 Å². The summed E-state index contributed by atoms with van der Waals surface area (Å²) in [7, 11) is 0. The molecule has 0 radical (unpaired) electrons. The molecule has 1 atom stereocenters. The largest absolute Gasteiger partial charge is 0.329 e. The van der Waals surface area contributed by atoms with Crippen LogP contribution in [0.1, 0.15) is 33.5 Å². The number of nitrogens with two attached hydrogens (primary N) is 1. The third kappa shape index (κ3) is 3.17. The van der Waals surface area contributed by atoms with E-state index in [1.165, 1.54) is 31.9 Å². The Morgan fingerprint density at radius 3 is 2.80 bits per heavy atom. The highest BCUT2D eigenvalue weighted by Gasteiger charge is 2.35. The minimum absolute atomic E-state index is 0.347. The molecule has 0 spiro atoms. The summed E-state index contributed by atoms with van der Waals surface area (Å²) in [5, 5.41) is 2.16. The molecule has 3 rings (SSSR count). The molecule has 2 aromatic heterocycles. The van der Waals surface area contributed by atoms with Crippen LogP contribution < -0.4 is 5.73 Å². The van der Waals surface area contributed by atoms with Gasteiger partial charge in [-0.3, -0.25) is 4.90 Å². The molecule has 5 heteroatoms. The van der Waals surface area contributed by atoms with E-state index in [1.54, 1.807) is 0 Å². The molecule has 2 nitrogen and oxygen atoms in total. The third-order valence-corrected chi connectivity index (χ3v) is 6.86. The van der Waals surface area contributed by atoms with Crippen LogP contribution in [-0.2, 0) is 6.54 Å². The second-order valence-corrected chi connectivity index (χ2v) is 8.46. The Morgan fingerprint density at radius 2 is 2.30 bits per heavy atom. The van der Waals surface area contributed by atoms with Gasteiger partial charge < -0.3 is 5.73 Å². The topological polar surface area (TPSA) is 29.3 Å². The average Bonchev–Trinajstić information content (AvgIpc) is 3.05. The third-order valence-electron chi connectivity index (χ3n) is 3.76. The van der Waals surface area contributed by atoms with E-state index in [0.29, 0.717) is 18.6 Å². The van der Waals surface area contributed by atoms with Crippen molar-refractivity contribution in [1.29, 1.82) is 0 Å². The number of hydrogen-bond donors (Lipinski definition) is 1. The van der Waals surface area contributed by atoms with Gasteiger partial charge in [0.05, 0.1) is 6.04 Å². The lowest BCUT2D eigenvalue weighted by atomic mass is 10.2. The van der Waals surface area contributed by atoms with Gasteiger partial charge in [0.2, 0.25) is 0 Å². The van der Waals surface area contributed by atoms with Gasteiger partial charge in [-0.05, 0) is 53.2 Å². The molecule has 1 unspecified atom stereocenters. The average molecular weight is 371 g/mol. The minimum Gasteiger partial charge on any atom is -0.329 e. The van der Waals surface area contributed by atoms with Crippen molar-refractivity contribution in [3.8, 4) is 0 Å². The number of aryl methyl sites for hydroxylation is 1. The van der Waals surface area contributed by atoms with Crippen LogP contribution in [0.2, 0.25) is 0 Å². The number of halogens is 1. The molecule has 2 heterocycles. The first-order valence-corrected chi connectivity index (χ1v) is 9.42. The van der Waals surface area contributed by atoms with Gasteiger partial charge in [-0.15, -0.1) is 22.7 Å². The molecule has 108 valence electrons. The second-order valence-electron chi connectivity index (χ2n) is 5.29. The number of nitrogens with zero attached hydrogens (tertiary/aromatic N) is 1. The van der Waals surface area contributed by atoms with Gasteiger partial charge in [0.15, 0.2) is 0 Å². The normalized spacial score (nSPS) is 16.8. The molecule has 0 saturated heterocycles. The molecule has 0 aromatic carbocycles. The fraction of sp³-hybridized carbons (Fsp3) is 0.467. The van der Waals surface area contributed by atoms with Crippen LogP contribution >= 0.6 is 38.6 Å². The van der Waals surface area contributed by atoms with Crippen molar-refractivity contribution in [2.45, 2.75) is 38.4 Å². The van der Waals surface area contributed by atoms with Crippen molar-refractivity contribution in [3.63, 3.8) is 0 Å². The van der Waals surface area contributed by atoms with Crippen molar-refractivity contribution in [2.75, 3.05) is 6.54 Å². The minimum atomic E-state index is 0.347. The van der Waals surface area contributed by atoms with Crippen LogP contribution in [0.4, 0.5) is 0 Å². The van der Waals surface area contributed by atoms with Gasteiger partial charge in [-0.1, -0.05) is 6.07 Å². The van der Waals surface area contributed by atoms with Gasteiger partial charge in [0.1, 0.15) is 0 Å². The van der Waals surface area contributed by atoms with E-state index < -0.39 is 0 Å². The summed E-state index contributed by atoms with van der Waals surface area (Å²) in [4.78, 5) is 6.76. The summed E-state index contributed by atoms with van der Waals surface area (Å²) in [6.07, 6.45) is 2.63. The first kappa shape index (κ1) is 14.7. The predicted octanol–water partition coefficient (Wildman–Crippen LogP) is 4.54. The fourth-order valence-corrected chi connectivity index (χ4v) is 4.95. The zero-order valence-electron chi connectivity index (χ0n) is 11.5. The van der Waals surface area contributed by atoms with E-state index in [0.717, 1.165) is 6.54 Å². The molecule has 20 heavy (non-hydrogen) atoms. The fourth-order valence-electron chi connectivity index (χ4n) is 2.54. The van der Waals surface area contributed by atoms with Crippen LogP contribution in [0.3, 0.4) is 0 Å². The van der Waals surface area contributed by atoms with E-state index in [-0.39, 0.29) is 0 Å². The standard InChI is InChI=1S/C15H19BrN2S2/c1-10-13(16)7-15(20-10)14(8-17)18(11-4-5-11)9-12-3-2-6-19-12/h2-3,6-7,11,14H,4-5,8-9,17H2,1H3. The molecule has 1 aliphatic carbocycles. The molecule has 2 aromatic rings. The molecule has 0 aliphatic heterocycles. The zero-order chi connectivity index (χ0) is 14.1. The summed E-state index contributed by atoms with van der Waals surface area (Å²) in [6.45, 7) is 3.87. The van der Waals surface area contributed by atoms with E-state index in [2.05, 4.69) is 51.3 Å². The van der Waals surface area contributed by atoms with E-state index in [9.17, 15) is 0 Å². The van der Waals surface area contributed by atoms with Gasteiger partial charge in [0.25, 0.3) is 0 Å². The second kappa shape index (κ2) is 6.28. The van der Waals surface area contributed by atoms with Crippen LogP contribution in [0, 0.1) is 6.92 Å². The maximum absolute atomic E-state index is 6.11. The van der Waals surface area contributed by atoms with E-state index in [1.807, 2.05) is 22.7 Å². The van der Waals surface area contributed by atoms with Crippen molar-refractivity contribution in [2.24, 2.45) is 5.73 Å². The molecular formula is C15H19BrN2S2. The highest BCUT2D eigenvalue weighted by Crippen LogP contribution is 2.39. The highest BCUT2D eigenvalue weighted by molar-refractivity contribution is 9.10. The maximum atomic E-state index is 6.11. The SMILES string of the molecule is Cc1sc(C(CN)N(Cc2cccs2)C2CC2)cc1Br. The summed E-state index contributed by atoms with van der Waals surface area (Å²) in [5.41, 5.74) is 6.11. The molecule has 2 N–H and O–H groups in total. The summed E-state index contributed by atoms with van der Waals surface area (Å²) >= 11 is 7.34. The summed E-state index contributed by atoms with van der Waals surface area (Å²) in [6, 6.07) is 7.67. The lowest BCUT2D eigenvalue weighted by molar-refractivity contribution is 0.186. The van der Waals surface area contributed by atoms with Crippen LogP contribution in [0.15, 0.2) is 28.1 Å². The summed E-state index contributed by atoms with van der Waals surface area (Å²) < 4.78 is 1.21. The smallest absolute Gasteiger partial charge is 0.0571 e. The lowest BCUT2D eigenvalue weighted by Crippen LogP contribution is -2.34. The Hall–Kier alpha value is -0.200. The Morgan fingerprint density at radius 1 is 1.50 bits per heavy atom. The monoisotopic (exact) mass is 370 g/mol. The van der Waals surface area contributed by atoms with Crippen molar-refractivity contribution < 1.29 is 0 Å². The number of rotatable bonds is 6. The number of thiophene rings is 2. The quantitative estimate of drug-likeness (QED) is 0.808. The van der Waals surface area contributed by atoms with Gasteiger partial charge in [0, 0.05) is 38.2 Å². The zero-order valence-corrected chi connectivity index (χ0v) is 14.7. The Kier molecular flexibility index (Phi) is 4.62. The van der Waals surface area contributed by atoms with Gasteiger partial charge >= 0.3 is 0 Å². The van der Waals surface area contributed by atoms with Crippen LogP contribution in [0.5, 0.6) is 0 Å². The highest BCUT2D eigenvalue weighted by atomic mass is 79.9. The van der Waals surface area contributed by atoms with E-state index in [4.69, 9.17) is 5.73 Å². The van der Waals surface area contributed by atoms with E-state index >= 15 is 0 Å². The first-order chi connectivity index (χ1) is 9.69. The van der Waals surface area contributed by atoms with Crippen LogP contribution in [-0.4, -0.2) is 17.5 Å². The van der Waals surface area contributed by atoms with Crippen molar-refractivity contribution in [3.05, 3.63) is 42.7 Å². The number of hydrogen-bond acceptors (Lipinski definition) is 4. The van der Waals surface area contributed by atoms with Gasteiger partial charge in [-0.25, -0.2) is 0 Å². The molecule has 0 bridgehead atoms. The maximum Gasteiger partial charge on any atom is 0.0571 e. The van der Waals surface area contributed by atoms with Crippen LogP contribution in [0.25, 0.3) is 0 Å². The first-order valence-electron chi connectivity index (χ1n) is 6.93. The molecule has 0 amide bonds. The molecular weight excluding hydrogens is 352 g/mol. The Labute approximate surface area is 136 Å². The molecule has 1 aliphatic rings. The van der Waals surface area contributed by atoms with Gasteiger partial charge in [-0.2, -0.15) is 0 Å². The predicted molar refractivity (Wildman–Crippen MR) is 91.4 cm³/mol.